The smallest absolute Gasteiger partial charge is 0.324 e. The topological polar surface area (TPSA) is 139 Å². The zero-order valence-corrected chi connectivity index (χ0v) is 9.10. The molecule has 4 N–H and O–H groups in total. The summed E-state index contributed by atoms with van der Waals surface area (Å²) in [6.07, 6.45) is -0.523. The summed E-state index contributed by atoms with van der Waals surface area (Å²) in [5, 5.41) is 6.28. The Morgan fingerprint density at radius 2 is 1.57 bits per heavy atom. The molecule has 0 aliphatic rings. The highest BCUT2D eigenvalue weighted by atomic mass is 31.2. The van der Waals surface area contributed by atoms with Gasteiger partial charge in [-0.05, 0) is 13.3 Å². The molecule has 1 unspecified atom stereocenters. The Morgan fingerprint density at radius 1 is 1.21 bits per heavy atom. The lowest BCUT2D eigenvalue weighted by atomic mass is 10.1. The molecule has 0 aliphatic heterocycles. The lowest BCUT2D eigenvalue weighted by Gasteiger charge is -2.19. The van der Waals surface area contributed by atoms with Crippen LogP contribution in [0.2, 0.25) is 0 Å². The monoisotopic (exact) mass is 243 g/mol. The van der Waals surface area contributed by atoms with Crippen molar-refractivity contribution < 1.29 is 28.7 Å². The van der Waals surface area contributed by atoms with E-state index >= 15 is 0 Å². The van der Waals surface area contributed by atoms with Crippen molar-refractivity contribution in [3.05, 3.63) is 0 Å². The van der Waals surface area contributed by atoms with E-state index < -0.39 is 32.9 Å². The first-order valence-corrected chi connectivity index (χ1v) is 6.95. The van der Waals surface area contributed by atoms with Crippen LogP contribution in [0.1, 0.15) is 13.3 Å². The summed E-state index contributed by atoms with van der Waals surface area (Å²) in [6, 6.07) is 1.65. The maximum Gasteiger partial charge on any atom is 0.340 e. The predicted octanol–water partition coefficient (Wildman–Crippen LogP) is 0.218. The van der Waals surface area contributed by atoms with Crippen molar-refractivity contribution in [3.8, 4) is 6.07 Å². The van der Waals surface area contributed by atoms with E-state index in [4.69, 9.17) is 24.8 Å². The summed E-state index contributed by atoms with van der Waals surface area (Å²) in [5.41, 5.74) is 0. The molecular formula is C5H11NO6P2. The summed E-state index contributed by atoms with van der Waals surface area (Å²) >= 11 is 0. The highest BCUT2D eigenvalue weighted by Crippen LogP contribution is 2.61. The van der Waals surface area contributed by atoms with E-state index in [1.807, 2.05) is 0 Å². The minimum Gasteiger partial charge on any atom is -0.324 e. The van der Waals surface area contributed by atoms with Crippen LogP contribution in [0.15, 0.2) is 0 Å². The molecule has 0 aromatic carbocycles. The van der Waals surface area contributed by atoms with Crippen LogP contribution in [0.3, 0.4) is 0 Å². The van der Waals surface area contributed by atoms with E-state index in [1.54, 1.807) is 6.07 Å². The van der Waals surface area contributed by atoms with Crippen molar-refractivity contribution in [3.63, 3.8) is 0 Å². The summed E-state index contributed by atoms with van der Waals surface area (Å²) in [6.45, 7) is 1.33. The van der Waals surface area contributed by atoms with Crippen molar-refractivity contribution in [2.75, 3.05) is 0 Å². The normalized spacial score (nSPS) is 15.2. The van der Waals surface area contributed by atoms with Crippen molar-refractivity contribution in [2.45, 2.75) is 18.7 Å². The zero-order valence-electron chi connectivity index (χ0n) is 7.31. The highest BCUT2D eigenvalue weighted by molar-refractivity contribution is 7.70. The first kappa shape index (κ1) is 13.8. The third-order valence-electron chi connectivity index (χ3n) is 1.56. The van der Waals surface area contributed by atoms with Gasteiger partial charge in [0.25, 0.3) is 0 Å². The second-order valence-corrected chi connectivity index (χ2v) is 6.94. The summed E-state index contributed by atoms with van der Waals surface area (Å²) in [5.74, 6) is -0.819. The Bertz CT molecular complexity index is 302. The molecule has 0 heterocycles. The summed E-state index contributed by atoms with van der Waals surface area (Å²) in [7, 11) is -9.76. The molecule has 0 spiro atoms. The SMILES string of the molecule is CC(C#N)CC(P(=O)(O)O)P(=O)(O)O. The molecule has 0 rings (SSSR count). The van der Waals surface area contributed by atoms with E-state index in [-0.39, 0.29) is 0 Å². The van der Waals surface area contributed by atoms with Gasteiger partial charge in [-0.15, -0.1) is 0 Å². The first-order valence-electron chi connectivity index (χ1n) is 3.59. The standard InChI is InChI=1S/C5H11NO6P2/c1-4(3-6)2-5(13(7,8)9)14(10,11)12/h4-5H,2H2,1H3,(H2,7,8,9)(H2,10,11,12). The lowest BCUT2D eigenvalue weighted by Crippen LogP contribution is -2.12. The van der Waals surface area contributed by atoms with E-state index in [9.17, 15) is 9.13 Å². The Hall–Kier alpha value is -0.210. The largest absolute Gasteiger partial charge is 0.340 e. The van der Waals surface area contributed by atoms with Gasteiger partial charge in [-0.1, -0.05) is 0 Å². The van der Waals surface area contributed by atoms with Crippen molar-refractivity contribution >= 4 is 15.2 Å². The fourth-order valence-corrected chi connectivity index (χ4v) is 3.59. The Balaban J connectivity index is 4.89. The lowest BCUT2D eigenvalue weighted by molar-refractivity contribution is 0.331. The minimum atomic E-state index is -4.88. The molecule has 9 heteroatoms. The van der Waals surface area contributed by atoms with Gasteiger partial charge in [0.2, 0.25) is 0 Å². The maximum absolute atomic E-state index is 10.7. The van der Waals surface area contributed by atoms with Crippen molar-refractivity contribution in [1.82, 2.24) is 0 Å². The zero-order chi connectivity index (χ0) is 11.6. The molecule has 82 valence electrons. The van der Waals surface area contributed by atoms with Crippen LogP contribution in [-0.2, 0) is 9.13 Å². The van der Waals surface area contributed by atoms with Crippen LogP contribution in [-0.4, -0.2) is 25.0 Å². The number of rotatable bonds is 4. The molecule has 0 aromatic rings. The van der Waals surface area contributed by atoms with E-state index in [0.29, 0.717) is 0 Å². The molecule has 0 aliphatic carbocycles. The number of hydrogen-bond donors (Lipinski definition) is 4. The van der Waals surface area contributed by atoms with Crippen LogP contribution in [0, 0.1) is 17.2 Å². The van der Waals surface area contributed by atoms with Crippen LogP contribution < -0.4 is 0 Å². The van der Waals surface area contributed by atoms with E-state index in [2.05, 4.69) is 0 Å². The molecule has 14 heavy (non-hydrogen) atoms. The average molecular weight is 243 g/mol. The van der Waals surface area contributed by atoms with Gasteiger partial charge in [0.05, 0.1) is 6.07 Å². The van der Waals surface area contributed by atoms with E-state index in [0.717, 1.165) is 0 Å². The van der Waals surface area contributed by atoms with Gasteiger partial charge in [0.15, 0.2) is 5.40 Å². The summed E-state index contributed by atoms with van der Waals surface area (Å²) < 4.78 is 21.4. The molecule has 0 saturated carbocycles. The molecular weight excluding hydrogens is 232 g/mol. The second kappa shape index (κ2) is 4.54. The van der Waals surface area contributed by atoms with Crippen LogP contribution >= 0.6 is 15.2 Å². The third-order valence-corrected chi connectivity index (χ3v) is 5.34. The Labute approximate surface area is 80.7 Å². The quantitative estimate of drug-likeness (QED) is 0.517. The van der Waals surface area contributed by atoms with Gasteiger partial charge < -0.3 is 19.6 Å². The molecule has 0 amide bonds. The highest BCUT2D eigenvalue weighted by Gasteiger charge is 2.43. The number of nitrogens with zero attached hydrogens (tertiary/aromatic N) is 1. The molecule has 1 atom stereocenters. The van der Waals surface area contributed by atoms with Gasteiger partial charge in [0.1, 0.15) is 0 Å². The minimum absolute atomic E-state index is 0.523. The Morgan fingerprint density at radius 3 is 1.79 bits per heavy atom. The van der Waals surface area contributed by atoms with Gasteiger partial charge in [-0.2, -0.15) is 5.26 Å². The van der Waals surface area contributed by atoms with E-state index in [1.165, 1.54) is 6.92 Å². The second-order valence-electron chi connectivity index (χ2n) is 2.92. The molecule has 7 nitrogen and oxygen atoms in total. The van der Waals surface area contributed by atoms with Gasteiger partial charge in [-0.3, -0.25) is 9.13 Å². The average Bonchev–Trinajstić information content (AvgIpc) is 1.95. The van der Waals surface area contributed by atoms with Crippen LogP contribution in [0.4, 0.5) is 0 Å². The third kappa shape index (κ3) is 4.34. The van der Waals surface area contributed by atoms with Crippen molar-refractivity contribution in [1.29, 1.82) is 5.26 Å². The van der Waals surface area contributed by atoms with Crippen molar-refractivity contribution in [2.24, 2.45) is 5.92 Å². The maximum atomic E-state index is 10.7. The molecule has 0 saturated heterocycles. The fourth-order valence-electron chi connectivity index (χ4n) is 0.840. The molecule has 0 bridgehead atoms. The predicted molar refractivity (Wildman–Crippen MR) is 47.3 cm³/mol. The Kier molecular flexibility index (Phi) is 4.47. The molecule has 0 aromatic heterocycles. The number of nitriles is 1. The first-order chi connectivity index (χ1) is 6.09. The van der Waals surface area contributed by atoms with Crippen LogP contribution in [0.25, 0.3) is 0 Å². The molecule has 0 fully saturated rings. The number of hydrogen-bond acceptors (Lipinski definition) is 3. The summed E-state index contributed by atoms with van der Waals surface area (Å²) in [4.78, 5) is 34.7. The molecule has 0 radical (unpaired) electrons. The fraction of sp³-hybridized carbons (Fsp3) is 0.800. The van der Waals surface area contributed by atoms with Crippen LogP contribution in [0.5, 0.6) is 0 Å². The van der Waals surface area contributed by atoms with Gasteiger partial charge in [0, 0.05) is 5.92 Å². The van der Waals surface area contributed by atoms with Gasteiger partial charge >= 0.3 is 15.2 Å². The van der Waals surface area contributed by atoms with Gasteiger partial charge in [-0.25, -0.2) is 0 Å².